The minimum absolute atomic E-state index is 0.00784. The summed E-state index contributed by atoms with van der Waals surface area (Å²) >= 11 is 0. The van der Waals surface area contributed by atoms with Crippen molar-refractivity contribution in [2.24, 2.45) is 0 Å². The van der Waals surface area contributed by atoms with E-state index in [2.05, 4.69) is 25.6 Å². The fourth-order valence-electron chi connectivity index (χ4n) is 6.14. The number of amides is 1. The Bertz CT molecular complexity index is 1070. The summed E-state index contributed by atoms with van der Waals surface area (Å²) in [5, 5.41) is 10.4. The second-order valence-electron chi connectivity index (χ2n) is 10.4. The van der Waals surface area contributed by atoms with Crippen molar-refractivity contribution >= 4 is 23.2 Å². The zero-order chi connectivity index (χ0) is 24.6. The molecule has 1 unspecified atom stereocenters. The minimum Gasteiger partial charge on any atom is -0.381 e. The van der Waals surface area contributed by atoms with Crippen LogP contribution in [-0.2, 0) is 5.54 Å². The third-order valence-electron chi connectivity index (χ3n) is 8.13. The largest absolute Gasteiger partial charge is 0.381 e. The number of pyridine rings is 1. The number of alkyl halides is 1. The van der Waals surface area contributed by atoms with Gasteiger partial charge in [-0.05, 0) is 51.7 Å². The van der Waals surface area contributed by atoms with E-state index < -0.39 is 23.4 Å². The monoisotopic (exact) mass is 487 g/mol. The Morgan fingerprint density at radius 1 is 1.17 bits per heavy atom. The molecule has 3 aliphatic rings. The van der Waals surface area contributed by atoms with Crippen LogP contribution in [0.2, 0.25) is 0 Å². The lowest BCUT2D eigenvalue weighted by atomic mass is 9.79. The predicted molar refractivity (Wildman–Crippen MR) is 132 cm³/mol. The number of likely N-dealkylation sites (tertiary alicyclic amines) is 1. The summed E-state index contributed by atoms with van der Waals surface area (Å²) in [5.74, 6) is -0.428. The molecule has 1 aliphatic carbocycles. The number of nitrogen functional groups attached to an aromatic ring is 1. The summed E-state index contributed by atoms with van der Waals surface area (Å²) < 4.78 is 32.0. The summed E-state index contributed by atoms with van der Waals surface area (Å²) in [6.45, 7) is 1.83. The molecule has 10 heteroatoms. The lowest BCUT2D eigenvalue weighted by Gasteiger charge is -2.42. The predicted octanol–water partition coefficient (Wildman–Crippen LogP) is 4.26. The number of rotatable bonds is 3. The first-order valence-corrected chi connectivity index (χ1v) is 12.8. The van der Waals surface area contributed by atoms with Gasteiger partial charge < -0.3 is 21.3 Å². The molecule has 1 saturated carbocycles. The van der Waals surface area contributed by atoms with Crippen molar-refractivity contribution < 1.29 is 13.6 Å². The molecule has 1 spiro atoms. The van der Waals surface area contributed by atoms with Crippen LogP contribution in [0, 0.1) is 5.82 Å². The average Bonchev–Trinajstić information content (AvgIpc) is 3.15. The van der Waals surface area contributed by atoms with Gasteiger partial charge in [0.1, 0.15) is 23.4 Å². The molecule has 0 aromatic carbocycles. The van der Waals surface area contributed by atoms with Crippen molar-refractivity contribution in [3.05, 3.63) is 29.3 Å². The van der Waals surface area contributed by atoms with Crippen LogP contribution in [0.25, 0.3) is 0 Å². The van der Waals surface area contributed by atoms with Gasteiger partial charge in [-0.1, -0.05) is 32.1 Å². The van der Waals surface area contributed by atoms with Crippen molar-refractivity contribution in [3.8, 4) is 0 Å². The Morgan fingerprint density at radius 3 is 2.57 bits per heavy atom. The smallest absolute Gasteiger partial charge is 0.263 e. The first-order chi connectivity index (χ1) is 16.9. The molecule has 0 bridgehead atoms. The van der Waals surface area contributed by atoms with E-state index in [-0.39, 0.29) is 23.8 Å². The lowest BCUT2D eigenvalue weighted by Crippen LogP contribution is -2.51. The Balaban J connectivity index is 1.47. The van der Waals surface area contributed by atoms with E-state index in [0.717, 1.165) is 58.0 Å². The molecule has 2 fully saturated rings. The zero-order valence-electron chi connectivity index (χ0n) is 20.3. The molecular weight excluding hydrogens is 452 g/mol. The van der Waals surface area contributed by atoms with Crippen LogP contribution in [0.4, 0.5) is 26.1 Å². The molecule has 1 amide bonds. The Kier molecular flexibility index (Phi) is 6.65. The number of piperidine rings is 1. The molecule has 35 heavy (non-hydrogen) atoms. The van der Waals surface area contributed by atoms with Gasteiger partial charge in [0.25, 0.3) is 5.91 Å². The Hall–Kier alpha value is -2.75. The quantitative estimate of drug-likeness (QED) is 0.598. The summed E-state index contributed by atoms with van der Waals surface area (Å²) in [6.07, 6.45) is 9.61. The van der Waals surface area contributed by atoms with Gasteiger partial charge in [0.05, 0.1) is 23.6 Å². The van der Waals surface area contributed by atoms with Crippen molar-refractivity contribution in [2.75, 3.05) is 43.0 Å². The number of hydrogen-bond acceptors (Lipinski definition) is 6. The second-order valence-corrected chi connectivity index (χ2v) is 10.4. The van der Waals surface area contributed by atoms with Gasteiger partial charge in [0.15, 0.2) is 5.82 Å². The molecule has 0 radical (unpaired) electrons. The van der Waals surface area contributed by atoms with E-state index in [1.165, 1.54) is 12.4 Å². The lowest BCUT2D eigenvalue weighted by molar-refractivity contribution is 0.0691. The van der Waals surface area contributed by atoms with Crippen LogP contribution in [0.5, 0.6) is 0 Å². The standard InChI is InChI=1S/C25H35F2N7O/c1-33-11-7-16(8-12-33)20-17(26)13-29-14-18(20)31-24(35)21-22(28)32-34-23(21)30-15-19(27)25(34)9-5-3-2-4-6-10-25/h13-14,16,19,30H,2-12,15H2,1H3,(H2,28,32)(H,31,35). The molecule has 4 heterocycles. The van der Waals surface area contributed by atoms with E-state index in [1.807, 2.05) is 7.05 Å². The van der Waals surface area contributed by atoms with Crippen LogP contribution in [-0.4, -0.2) is 58.4 Å². The van der Waals surface area contributed by atoms with E-state index >= 15 is 4.39 Å². The summed E-state index contributed by atoms with van der Waals surface area (Å²) in [4.78, 5) is 19.7. The molecule has 1 atom stereocenters. The number of nitrogens with zero attached hydrogens (tertiary/aromatic N) is 4. The fourth-order valence-corrected chi connectivity index (χ4v) is 6.14. The number of fused-ring (bicyclic) bond motifs is 2. The highest BCUT2D eigenvalue weighted by Crippen LogP contribution is 2.44. The summed E-state index contributed by atoms with van der Waals surface area (Å²) in [5.41, 5.74) is 6.47. The molecule has 4 N–H and O–H groups in total. The van der Waals surface area contributed by atoms with Gasteiger partial charge in [-0.15, -0.1) is 0 Å². The number of nitrogens with two attached hydrogens (primary N) is 1. The van der Waals surface area contributed by atoms with E-state index in [0.29, 0.717) is 29.9 Å². The topological polar surface area (TPSA) is 101 Å². The Morgan fingerprint density at radius 2 is 1.86 bits per heavy atom. The zero-order valence-corrected chi connectivity index (χ0v) is 20.3. The first kappa shape index (κ1) is 24.0. The van der Waals surface area contributed by atoms with E-state index in [1.54, 1.807) is 4.68 Å². The van der Waals surface area contributed by atoms with Gasteiger partial charge in [0, 0.05) is 12.1 Å². The van der Waals surface area contributed by atoms with Crippen molar-refractivity contribution in [3.63, 3.8) is 0 Å². The number of hydrogen-bond donors (Lipinski definition) is 3. The van der Waals surface area contributed by atoms with Crippen LogP contribution in [0.3, 0.4) is 0 Å². The fraction of sp³-hybridized carbons (Fsp3) is 0.640. The molecule has 2 aromatic rings. The van der Waals surface area contributed by atoms with Crippen LogP contribution in [0.1, 0.15) is 79.6 Å². The number of halogens is 2. The molecular formula is C25H35F2N7O. The Labute approximate surface area is 204 Å². The molecule has 2 aromatic heterocycles. The van der Waals surface area contributed by atoms with Gasteiger partial charge in [-0.2, -0.15) is 5.10 Å². The molecule has 190 valence electrons. The summed E-state index contributed by atoms with van der Waals surface area (Å²) in [6, 6.07) is 0. The maximum atomic E-state index is 15.4. The number of anilines is 3. The van der Waals surface area contributed by atoms with Crippen molar-refractivity contribution in [2.45, 2.75) is 75.4 Å². The van der Waals surface area contributed by atoms with Gasteiger partial charge >= 0.3 is 0 Å². The molecule has 8 nitrogen and oxygen atoms in total. The second kappa shape index (κ2) is 9.72. The highest BCUT2D eigenvalue weighted by molar-refractivity contribution is 6.11. The van der Waals surface area contributed by atoms with Crippen LogP contribution in [0.15, 0.2) is 12.4 Å². The third kappa shape index (κ3) is 4.37. The van der Waals surface area contributed by atoms with Gasteiger partial charge in [-0.3, -0.25) is 9.78 Å². The van der Waals surface area contributed by atoms with E-state index in [9.17, 15) is 9.18 Å². The van der Waals surface area contributed by atoms with Crippen molar-refractivity contribution in [1.29, 1.82) is 0 Å². The minimum atomic E-state index is -1.12. The van der Waals surface area contributed by atoms with Gasteiger partial charge in [-0.25, -0.2) is 13.5 Å². The number of nitrogens with one attached hydrogen (secondary N) is 2. The molecule has 2 aliphatic heterocycles. The highest BCUT2D eigenvalue weighted by atomic mass is 19.1. The molecule has 5 rings (SSSR count). The SMILES string of the molecule is CN1CCC(c2c(F)cncc2NC(=O)c2c(N)nn3c2NCC(F)C32CCCCCCC2)CC1. The molecule has 1 saturated heterocycles. The normalized spacial score (nSPS) is 23.2. The van der Waals surface area contributed by atoms with Crippen LogP contribution >= 0.6 is 0 Å². The number of aromatic nitrogens is 3. The number of carbonyl (C=O) groups excluding carboxylic acids is 1. The maximum Gasteiger partial charge on any atom is 0.263 e. The highest BCUT2D eigenvalue weighted by Gasteiger charge is 2.47. The first-order valence-electron chi connectivity index (χ1n) is 12.8. The third-order valence-corrected chi connectivity index (χ3v) is 8.13. The van der Waals surface area contributed by atoms with Gasteiger partial charge in [0.2, 0.25) is 0 Å². The number of carbonyl (C=O) groups is 1. The summed E-state index contributed by atoms with van der Waals surface area (Å²) in [7, 11) is 2.05. The van der Waals surface area contributed by atoms with Crippen LogP contribution < -0.4 is 16.4 Å². The maximum absolute atomic E-state index is 15.4. The van der Waals surface area contributed by atoms with Crippen molar-refractivity contribution in [1.82, 2.24) is 19.7 Å². The van der Waals surface area contributed by atoms with E-state index in [4.69, 9.17) is 5.73 Å². The average molecular weight is 488 g/mol.